The number of aliphatic hydroxyl groups excluding tert-OH is 1. The number of carbonyl (C=O) groups is 1. The third kappa shape index (κ3) is 4.89. The van der Waals surface area contributed by atoms with Crippen molar-refractivity contribution in [3.63, 3.8) is 0 Å². The first-order valence-electron chi connectivity index (χ1n) is 6.14. The Morgan fingerprint density at radius 1 is 1.37 bits per heavy atom. The minimum atomic E-state index is -0.842. The molecule has 0 aromatic heterocycles. The van der Waals surface area contributed by atoms with Crippen molar-refractivity contribution < 1.29 is 14.6 Å². The Labute approximate surface area is 113 Å². The molecule has 1 atom stereocenters. The van der Waals surface area contributed by atoms with Crippen molar-refractivity contribution in [1.29, 1.82) is 0 Å². The summed E-state index contributed by atoms with van der Waals surface area (Å²) in [5.74, 6) is 0. The summed E-state index contributed by atoms with van der Waals surface area (Å²) in [4.78, 5) is 11.6. The van der Waals surface area contributed by atoms with Crippen LogP contribution in [0.4, 0.5) is 10.5 Å². The maximum atomic E-state index is 11.6. The highest BCUT2D eigenvalue weighted by Crippen LogP contribution is 2.21. The Kier molecular flexibility index (Phi) is 4.55. The second-order valence-electron chi connectivity index (χ2n) is 5.78. The minimum Gasteiger partial charge on any atom is -0.444 e. The van der Waals surface area contributed by atoms with E-state index >= 15 is 0 Å². The molecule has 106 valence electrons. The van der Waals surface area contributed by atoms with Gasteiger partial charge in [-0.3, -0.25) is 5.32 Å². The summed E-state index contributed by atoms with van der Waals surface area (Å²) in [6, 6.07) is 7.03. The van der Waals surface area contributed by atoms with E-state index in [2.05, 4.69) is 5.32 Å². The monoisotopic (exact) mass is 266 g/mol. The largest absolute Gasteiger partial charge is 0.444 e. The van der Waals surface area contributed by atoms with Crippen molar-refractivity contribution in [2.45, 2.75) is 38.8 Å². The second kappa shape index (κ2) is 5.59. The maximum absolute atomic E-state index is 11.6. The number of ether oxygens (including phenoxy) is 1. The van der Waals surface area contributed by atoms with Crippen molar-refractivity contribution in [2.24, 2.45) is 5.73 Å². The fraction of sp³-hybridized carbons (Fsp3) is 0.500. The molecule has 4 N–H and O–H groups in total. The van der Waals surface area contributed by atoms with Crippen molar-refractivity contribution in [1.82, 2.24) is 0 Å². The molecule has 0 saturated carbocycles. The Morgan fingerprint density at radius 3 is 2.53 bits per heavy atom. The molecule has 0 aliphatic carbocycles. The molecule has 0 fully saturated rings. The van der Waals surface area contributed by atoms with Gasteiger partial charge in [-0.1, -0.05) is 12.1 Å². The Hall–Kier alpha value is -1.59. The standard InChI is InChI=1S/C14H22N2O3/c1-13(2,3)19-12(18)16-11-7-5-6-10(8-11)14(4,15)9-17/h5-8,17H,9,15H2,1-4H3,(H,16,18). The number of nitrogens with two attached hydrogens (primary N) is 1. The number of aliphatic hydroxyl groups is 1. The average molecular weight is 266 g/mol. The van der Waals surface area contributed by atoms with E-state index in [1.54, 1.807) is 52.0 Å². The van der Waals surface area contributed by atoms with Gasteiger partial charge < -0.3 is 15.6 Å². The topological polar surface area (TPSA) is 84.6 Å². The van der Waals surface area contributed by atoms with E-state index in [0.29, 0.717) is 5.69 Å². The quantitative estimate of drug-likeness (QED) is 0.783. The number of hydrogen-bond donors (Lipinski definition) is 3. The zero-order valence-corrected chi connectivity index (χ0v) is 11.9. The van der Waals surface area contributed by atoms with Crippen LogP contribution >= 0.6 is 0 Å². The van der Waals surface area contributed by atoms with Crippen LogP contribution in [0.1, 0.15) is 33.3 Å². The number of anilines is 1. The predicted octanol–water partition coefficient (Wildman–Crippen LogP) is 2.20. The van der Waals surface area contributed by atoms with Crippen LogP contribution in [-0.4, -0.2) is 23.4 Å². The predicted molar refractivity (Wildman–Crippen MR) is 74.9 cm³/mol. The van der Waals surface area contributed by atoms with Crippen molar-refractivity contribution in [2.75, 3.05) is 11.9 Å². The van der Waals surface area contributed by atoms with E-state index in [9.17, 15) is 9.90 Å². The SMILES string of the molecule is CC(C)(C)OC(=O)Nc1cccc(C(C)(N)CO)c1. The number of benzene rings is 1. The van der Waals surface area contributed by atoms with Gasteiger partial charge in [0.2, 0.25) is 0 Å². The summed E-state index contributed by atoms with van der Waals surface area (Å²) >= 11 is 0. The fourth-order valence-corrected chi connectivity index (χ4v) is 1.46. The molecule has 0 aliphatic rings. The van der Waals surface area contributed by atoms with Gasteiger partial charge in [0.1, 0.15) is 5.60 Å². The van der Waals surface area contributed by atoms with Crippen molar-refractivity contribution in [3.8, 4) is 0 Å². The van der Waals surface area contributed by atoms with Gasteiger partial charge in [-0.25, -0.2) is 4.79 Å². The van der Waals surface area contributed by atoms with E-state index in [-0.39, 0.29) is 6.61 Å². The molecule has 0 radical (unpaired) electrons. The van der Waals surface area contributed by atoms with Crippen molar-refractivity contribution in [3.05, 3.63) is 29.8 Å². The van der Waals surface area contributed by atoms with Gasteiger partial charge in [0.05, 0.1) is 12.1 Å². The summed E-state index contributed by atoms with van der Waals surface area (Å²) in [6.07, 6.45) is -0.521. The number of carbonyl (C=O) groups excluding carboxylic acids is 1. The van der Waals surface area contributed by atoms with Gasteiger partial charge in [0, 0.05) is 5.69 Å². The zero-order valence-electron chi connectivity index (χ0n) is 11.9. The van der Waals surface area contributed by atoms with E-state index < -0.39 is 17.2 Å². The molecular weight excluding hydrogens is 244 g/mol. The van der Waals surface area contributed by atoms with Crippen LogP contribution in [0.3, 0.4) is 0 Å². The number of amides is 1. The Morgan fingerprint density at radius 2 is 2.00 bits per heavy atom. The second-order valence-corrected chi connectivity index (χ2v) is 5.78. The van der Waals surface area contributed by atoms with Crippen LogP contribution in [-0.2, 0) is 10.3 Å². The van der Waals surface area contributed by atoms with Crippen LogP contribution < -0.4 is 11.1 Å². The lowest BCUT2D eigenvalue weighted by Crippen LogP contribution is -2.37. The minimum absolute atomic E-state index is 0.178. The summed E-state index contributed by atoms with van der Waals surface area (Å²) in [5, 5.41) is 11.9. The molecule has 0 heterocycles. The Balaban J connectivity index is 2.81. The number of nitrogens with one attached hydrogen (secondary N) is 1. The molecule has 0 saturated heterocycles. The van der Waals surface area contributed by atoms with Crippen LogP contribution in [0, 0.1) is 0 Å². The van der Waals surface area contributed by atoms with E-state index in [4.69, 9.17) is 10.5 Å². The van der Waals surface area contributed by atoms with E-state index in [1.807, 2.05) is 0 Å². The van der Waals surface area contributed by atoms with Gasteiger partial charge in [-0.2, -0.15) is 0 Å². The van der Waals surface area contributed by atoms with E-state index in [0.717, 1.165) is 5.56 Å². The fourth-order valence-electron chi connectivity index (χ4n) is 1.46. The van der Waals surface area contributed by atoms with Gasteiger partial charge in [-0.15, -0.1) is 0 Å². The lowest BCUT2D eigenvalue weighted by atomic mass is 9.94. The molecule has 1 amide bonds. The molecular formula is C14H22N2O3. The molecule has 5 nitrogen and oxygen atoms in total. The molecule has 0 spiro atoms. The van der Waals surface area contributed by atoms with Gasteiger partial charge in [0.15, 0.2) is 0 Å². The van der Waals surface area contributed by atoms with Crippen molar-refractivity contribution >= 4 is 11.8 Å². The first kappa shape index (κ1) is 15.5. The first-order chi connectivity index (χ1) is 8.64. The van der Waals surface area contributed by atoms with E-state index in [1.165, 1.54) is 0 Å². The normalized spacial score (nSPS) is 14.6. The van der Waals surface area contributed by atoms with Gasteiger partial charge >= 0.3 is 6.09 Å². The molecule has 1 aromatic carbocycles. The van der Waals surface area contributed by atoms with Crippen LogP contribution in [0.15, 0.2) is 24.3 Å². The summed E-state index contributed by atoms with van der Waals surface area (Å²) < 4.78 is 5.16. The van der Waals surface area contributed by atoms with Crippen LogP contribution in [0.2, 0.25) is 0 Å². The van der Waals surface area contributed by atoms with Crippen LogP contribution in [0.25, 0.3) is 0 Å². The molecule has 5 heteroatoms. The molecule has 1 unspecified atom stereocenters. The molecule has 0 bridgehead atoms. The molecule has 19 heavy (non-hydrogen) atoms. The molecule has 0 aliphatic heterocycles. The van der Waals surface area contributed by atoms with Gasteiger partial charge in [0.25, 0.3) is 0 Å². The third-order valence-corrected chi connectivity index (χ3v) is 2.50. The number of rotatable bonds is 3. The molecule has 1 rings (SSSR count). The highest BCUT2D eigenvalue weighted by atomic mass is 16.6. The molecule has 1 aromatic rings. The van der Waals surface area contributed by atoms with Gasteiger partial charge in [-0.05, 0) is 45.4 Å². The highest BCUT2D eigenvalue weighted by molar-refractivity contribution is 5.85. The lowest BCUT2D eigenvalue weighted by molar-refractivity contribution is 0.0636. The maximum Gasteiger partial charge on any atom is 0.412 e. The smallest absolute Gasteiger partial charge is 0.412 e. The summed E-state index contributed by atoms with van der Waals surface area (Å²) in [7, 11) is 0. The highest BCUT2D eigenvalue weighted by Gasteiger charge is 2.21. The van der Waals surface area contributed by atoms with Crippen LogP contribution in [0.5, 0.6) is 0 Å². The Bertz CT molecular complexity index is 450. The summed E-state index contributed by atoms with van der Waals surface area (Å²) in [6.45, 7) is 6.94. The summed E-state index contributed by atoms with van der Waals surface area (Å²) in [5.41, 5.74) is 5.88. The number of hydrogen-bond acceptors (Lipinski definition) is 4. The lowest BCUT2D eigenvalue weighted by Gasteiger charge is -2.23. The third-order valence-electron chi connectivity index (χ3n) is 2.50. The zero-order chi connectivity index (χ0) is 14.7. The average Bonchev–Trinajstić information content (AvgIpc) is 2.26. The first-order valence-corrected chi connectivity index (χ1v) is 6.14.